The summed E-state index contributed by atoms with van der Waals surface area (Å²) >= 11 is 0. The van der Waals surface area contributed by atoms with Crippen molar-refractivity contribution in [2.75, 3.05) is 25.4 Å². The van der Waals surface area contributed by atoms with Crippen molar-refractivity contribution in [1.82, 2.24) is 8.87 Å². The number of aromatic nitrogens is 1. The summed E-state index contributed by atoms with van der Waals surface area (Å²) in [6.45, 7) is 1.71. The zero-order chi connectivity index (χ0) is 19.5. The van der Waals surface area contributed by atoms with Gasteiger partial charge in [-0.05, 0) is 18.4 Å². The van der Waals surface area contributed by atoms with Crippen LogP contribution in [0.15, 0.2) is 23.0 Å². The Labute approximate surface area is 149 Å². The topological polar surface area (TPSA) is 160 Å². The highest BCUT2D eigenvalue weighted by atomic mass is 32.2. The smallest absolute Gasteiger partial charge is 0.414 e. The number of hydrogen-bond acceptors (Lipinski definition) is 6. The number of carboxylic acid groups (broad SMARTS) is 2. The molecule has 4 N–H and O–H groups in total. The second-order valence-corrected chi connectivity index (χ2v) is 8.32. The zero-order valence-electron chi connectivity index (χ0n) is 13.9. The summed E-state index contributed by atoms with van der Waals surface area (Å²) in [6, 6.07) is 5.25. The van der Waals surface area contributed by atoms with Gasteiger partial charge < -0.3 is 20.5 Å². The fourth-order valence-electron chi connectivity index (χ4n) is 3.36. The standard InChI is InChI=1S/C13H19N3O3S.C2H2O4/c14-4-5-20(18,19)15-7-10-6-11(9-15)12-2-1-3-13(17)16(12)8-10;3-1(4)2(5)6/h1-3,10-11H,4-9,14H2;(H,3,4)(H,5,6). The first-order chi connectivity index (χ1) is 12.2. The molecular formula is C15H21N3O7S. The van der Waals surface area contributed by atoms with Crippen LogP contribution in [0, 0.1) is 5.92 Å². The lowest BCUT2D eigenvalue weighted by molar-refractivity contribution is -0.159. The number of sulfonamides is 1. The molecule has 2 unspecified atom stereocenters. The van der Waals surface area contributed by atoms with Crippen LogP contribution in [0.3, 0.4) is 0 Å². The normalized spacial score (nSPS) is 21.9. The molecule has 2 atom stereocenters. The Morgan fingerprint density at radius 3 is 2.38 bits per heavy atom. The molecule has 0 aromatic carbocycles. The molecule has 1 fully saturated rings. The van der Waals surface area contributed by atoms with Gasteiger partial charge in [0, 0.05) is 43.9 Å². The number of aliphatic carboxylic acids is 2. The predicted molar refractivity (Wildman–Crippen MR) is 91.2 cm³/mol. The first kappa shape index (κ1) is 20.1. The van der Waals surface area contributed by atoms with Crippen LogP contribution in [0.5, 0.6) is 0 Å². The molecule has 10 nitrogen and oxygen atoms in total. The number of carbonyl (C=O) groups is 2. The molecule has 0 spiro atoms. The monoisotopic (exact) mass is 387 g/mol. The molecule has 2 aliphatic heterocycles. The van der Waals surface area contributed by atoms with Crippen molar-refractivity contribution in [3.63, 3.8) is 0 Å². The van der Waals surface area contributed by atoms with Crippen molar-refractivity contribution >= 4 is 22.0 Å². The summed E-state index contributed by atoms with van der Waals surface area (Å²) in [4.78, 5) is 30.1. The van der Waals surface area contributed by atoms with Crippen molar-refractivity contribution in [1.29, 1.82) is 0 Å². The summed E-state index contributed by atoms with van der Waals surface area (Å²) in [5, 5.41) is 14.8. The van der Waals surface area contributed by atoms with Crippen LogP contribution < -0.4 is 11.3 Å². The van der Waals surface area contributed by atoms with Gasteiger partial charge in [0.1, 0.15) is 0 Å². The molecule has 1 aromatic heterocycles. The highest BCUT2D eigenvalue weighted by molar-refractivity contribution is 7.89. The molecule has 26 heavy (non-hydrogen) atoms. The third kappa shape index (κ3) is 4.48. The number of hydrogen-bond donors (Lipinski definition) is 3. The lowest BCUT2D eigenvalue weighted by atomic mass is 9.84. The van der Waals surface area contributed by atoms with Crippen LogP contribution in [0.4, 0.5) is 0 Å². The van der Waals surface area contributed by atoms with E-state index >= 15 is 0 Å². The largest absolute Gasteiger partial charge is 0.473 e. The minimum absolute atomic E-state index is 0.00592. The van der Waals surface area contributed by atoms with Crippen molar-refractivity contribution in [3.8, 4) is 0 Å². The van der Waals surface area contributed by atoms with E-state index in [4.69, 9.17) is 25.5 Å². The summed E-state index contributed by atoms with van der Waals surface area (Å²) in [5.41, 5.74) is 6.35. The Hall–Kier alpha value is -2.24. The molecule has 0 radical (unpaired) electrons. The van der Waals surface area contributed by atoms with Crippen molar-refractivity contribution < 1.29 is 28.2 Å². The van der Waals surface area contributed by atoms with E-state index in [9.17, 15) is 13.2 Å². The molecule has 1 saturated heterocycles. The summed E-state index contributed by atoms with van der Waals surface area (Å²) in [7, 11) is -3.27. The number of pyridine rings is 1. The van der Waals surface area contributed by atoms with E-state index in [-0.39, 0.29) is 29.7 Å². The van der Waals surface area contributed by atoms with Crippen LogP contribution in [0.25, 0.3) is 0 Å². The van der Waals surface area contributed by atoms with Gasteiger partial charge in [-0.15, -0.1) is 0 Å². The minimum Gasteiger partial charge on any atom is -0.473 e. The van der Waals surface area contributed by atoms with Crippen LogP contribution in [-0.2, 0) is 26.2 Å². The molecule has 2 aliphatic rings. The van der Waals surface area contributed by atoms with Gasteiger partial charge in [-0.25, -0.2) is 22.3 Å². The predicted octanol–water partition coefficient (Wildman–Crippen LogP) is -1.29. The SMILES string of the molecule is NCCS(=O)(=O)N1CC2CC(C1)c1cccc(=O)n1C2.O=C(O)C(=O)O. The zero-order valence-corrected chi connectivity index (χ0v) is 14.8. The maximum atomic E-state index is 12.2. The fraction of sp³-hybridized carbons (Fsp3) is 0.533. The van der Waals surface area contributed by atoms with Crippen LogP contribution in [-0.4, -0.2) is 64.8 Å². The number of piperidine rings is 1. The third-order valence-corrected chi connectivity index (χ3v) is 6.23. The Bertz CT molecular complexity index is 837. The van der Waals surface area contributed by atoms with E-state index in [2.05, 4.69) is 0 Å². The minimum atomic E-state index is -3.27. The Morgan fingerprint density at radius 2 is 1.81 bits per heavy atom. The third-order valence-electron chi connectivity index (χ3n) is 4.40. The van der Waals surface area contributed by atoms with Crippen molar-refractivity contribution in [2.24, 2.45) is 11.7 Å². The second-order valence-electron chi connectivity index (χ2n) is 6.23. The van der Waals surface area contributed by atoms with E-state index in [0.717, 1.165) is 12.1 Å². The van der Waals surface area contributed by atoms with Gasteiger partial charge in [-0.2, -0.15) is 0 Å². The second kappa shape index (κ2) is 7.98. The molecule has 1 aromatic rings. The number of fused-ring (bicyclic) bond motifs is 4. The average Bonchev–Trinajstić information content (AvgIpc) is 2.56. The molecule has 0 aliphatic carbocycles. The van der Waals surface area contributed by atoms with E-state index in [1.807, 2.05) is 6.07 Å². The van der Waals surface area contributed by atoms with Gasteiger partial charge in [0.25, 0.3) is 5.56 Å². The molecular weight excluding hydrogens is 366 g/mol. The maximum absolute atomic E-state index is 12.2. The fourth-order valence-corrected chi connectivity index (χ4v) is 4.76. The van der Waals surface area contributed by atoms with E-state index < -0.39 is 22.0 Å². The maximum Gasteiger partial charge on any atom is 0.414 e. The van der Waals surface area contributed by atoms with E-state index in [0.29, 0.717) is 19.6 Å². The van der Waals surface area contributed by atoms with E-state index in [1.54, 1.807) is 21.0 Å². The lowest BCUT2D eigenvalue weighted by Gasteiger charge is -2.42. The lowest BCUT2D eigenvalue weighted by Crippen LogP contribution is -2.50. The number of nitrogens with two attached hydrogens (primary N) is 1. The molecule has 11 heteroatoms. The average molecular weight is 387 g/mol. The van der Waals surface area contributed by atoms with Crippen LogP contribution in [0.1, 0.15) is 18.0 Å². The summed E-state index contributed by atoms with van der Waals surface area (Å²) in [6.07, 6.45) is 0.956. The van der Waals surface area contributed by atoms with Gasteiger partial charge in [0.05, 0.1) is 5.75 Å². The van der Waals surface area contributed by atoms with Crippen LogP contribution >= 0.6 is 0 Å². The van der Waals surface area contributed by atoms with Crippen LogP contribution in [0.2, 0.25) is 0 Å². The number of nitrogens with zero attached hydrogens (tertiary/aromatic N) is 2. The van der Waals surface area contributed by atoms with Gasteiger partial charge in [-0.1, -0.05) is 6.07 Å². The Morgan fingerprint density at radius 1 is 1.15 bits per heavy atom. The van der Waals surface area contributed by atoms with Gasteiger partial charge in [0.2, 0.25) is 10.0 Å². The molecule has 3 rings (SSSR count). The number of rotatable bonds is 3. The number of carboxylic acids is 2. The molecule has 0 amide bonds. The van der Waals surface area contributed by atoms with E-state index in [1.165, 1.54) is 0 Å². The highest BCUT2D eigenvalue weighted by Crippen LogP contribution is 2.35. The summed E-state index contributed by atoms with van der Waals surface area (Å²) in [5.74, 6) is -3.32. The van der Waals surface area contributed by atoms with Crippen molar-refractivity contribution in [2.45, 2.75) is 18.9 Å². The van der Waals surface area contributed by atoms with Crippen molar-refractivity contribution in [3.05, 3.63) is 34.2 Å². The Kier molecular flexibility index (Phi) is 6.16. The van der Waals surface area contributed by atoms with Gasteiger partial charge in [-0.3, -0.25) is 4.79 Å². The quantitative estimate of drug-likeness (QED) is 0.540. The first-order valence-electron chi connectivity index (χ1n) is 7.99. The van der Waals surface area contributed by atoms with Gasteiger partial charge in [0.15, 0.2) is 0 Å². The summed E-state index contributed by atoms with van der Waals surface area (Å²) < 4.78 is 27.7. The molecule has 144 valence electrons. The highest BCUT2D eigenvalue weighted by Gasteiger charge is 2.38. The Balaban J connectivity index is 0.000000352. The first-order valence-corrected chi connectivity index (χ1v) is 9.60. The van der Waals surface area contributed by atoms with Gasteiger partial charge >= 0.3 is 11.9 Å². The molecule has 0 saturated carbocycles. The molecule has 2 bridgehead atoms. The molecule has 3 heterocycles.